The minimum Gasteiger partial charge on any atom is -0.476 e. The van der Waals surface area contributed by atoms with Crippen LogP contribution in [0, 0.1) is 5.92 Å². The molecule has 9 nitrogen and oxygen atoms in total. The van der Waals surface area contributed by atoms with Crippen LogP contribution in [0.15, 0.2) is 29.3 Å². The lowest BCUT2D eigenvalue weighted by Gasteiger charge is -2.45. The molecular weight excluding hydrogens is 410 g/mol. The Labute approximate surface area is 177 Å². The normalized spacial score (nSPS) is 23.1. The van der Waals surface area contributed by atoms with Crippen molar-refractivity contribution in [1.29, 1.82) is 0 Å². The third-order valence-electron chi connectivity index (χ3n) is 6.09. The zero-order valence-electron chi connectivity index (χ0n) is 17.1. The van der Waals surface area contributed by atoms with E-state index < -0.39 is 35.3 Å². The molecule has 2 aromatic rings. The number of hydrogen-bond acceptors (Lipinski definition) is 7. The smallest absolute Gasteiger partial charge is 0.266 e. The van der Waals surface area contributed by atoms with Crippen molar-refractivity contribution in [3.05, 3.63) is 46.3 Å². The van der Waals surface area contributed by atoms with E-state index in [1.807, 2.05) is 0 Å². The lowest BCUT2D eigenvalue weighted by atomic mass is 9.85. The largest absolute Gasteiger partial charge is 0.476 e. The van der Waals surface area contributed by atoms with Crippen LogP contribution in [0.3, 0.4) is 0 Å². The molecule has 1 saturated carbocycles. The predicted octanol–water partition coefficient (Wildman–Crippen LogP) is 1.17. The Hall–Kier alpha value is -2.95. The van der Waals surface area contributed by atoms with Crippen LogP contribution < -0.4 is 16.0 Å². The summed E-state index contributed by atoms with van der Waals surface area (Å²) in [5, 5.41) is 8.15. The maximum absolute atomic E-state index is 14.7. The molecule has 2 fully saturated rings. The number of rotatable bonds is 7. The minimum absolute atomic E-state index is 0.0380. The number of aromatic amines is 1. The van der Waals surface area contributed by atoms with E-state index >= 15 is 0 Å². The summed E-state index contributed by atoms with van der Waals surface area (Å²) in [6.07, 6.45) is 3.91. The number of aromatic nitrogens is 4. The van der Waals surface area contributed by atoms with Gasteiger partial charge >= 0.3 is 0 Å². The second kappa shape index (κ2) is 7.95. The van der Waals surface area contributed by atoms with Gasteiger partial charge in [0, 0.05) is 31.8 Å². The van der Waals surface area contributed by atoms with Gasteiger partial charge in [0.25, 0.3) is 11.5 Å². The summed E-state index contributed by atoms with van der Waals surface area (Å²) in [5.41, 5.74) is 4.06. The van der Waals surface area contributed by atoms with Gasteiger partial charge in [0.05, 0.1) is 30.1 Å². The predicted molar refractivity (Wildman–Crippen MR) is 106 cm³/mol. The number of nitrogens with zero attached hydrogens (tertiary/aromatic N) is 4. The van der Waals surface area contributed by atoms with E-state index in [4.69, 9.17) is 10.5 Å². The van der Waals surface area contributed by atoms with Crippen LogP contribution in [0.2, 0.25) is 0 Å². The molecule has 0 spiro atoms. The van der Waals surface area contributed by atoms with Gasteiger partial charge in [-0.3, -0.25) is 19.5 Å². The molecule has 1 unspecified atom stereocenters. The van der Waals surface area contributed by atoms with Crippen molar-refractivity contribution in [1.82, 2.24) is 25.1 Å². The van der Waals surface area contributed by atoms with E-state index in [1.165, 1.54) is 6.20 Å². The first-order valence-electron chi connectivity index (χ1n) is 10.1. The Morgan fingerprint density at radius 1 is 1.39 bits per heavy atom. The maximum atomic E-state index is 14.7. The Balaban J connectivity index is 1.59. The zero-order valence-corrected chi connectivity index (χ0v) is 17.1. The van der Waals surface area contributed by atoms with Crippen LogP contribution in [-0.4, -0.2) is 56.6 Å². The minimum atomic E-state index is -3.06. The molecule has 166 valence electrons. The van der Waals surface area contributed by atoms with Crippen LogP contribution in [0.1, 0.15) is 43.5 Å². The number of amides is 1. The number of halogens is 2. The van der Waals surface area contributed by atoms with E-state index in [0.717, 1.165) is 19.0 Å². The van der Waals surface area contributed by atoms with Gasteiger partial charge < -0.3 is 15.5 Å². The number of likely N-dealkylation sites (tertiary alicyclic amines) is 1. The molecule has 1 amide bonds. The summed E-state index contributed by atoms with van der Waals surface area (Å²) in [7, 11) is 0. The average Bonchev–Trinajstić information content (AvgIpc) is 3.57. The Bertz CT molecular complexity index is 990. The lowest BCUT2D eigenvalue weighted by Crippen LogP contribution is -2.59. The zero-order chi connectivity index (χ0) is 22.2. The van der Waals surface area contributed by atoms with E-state index in [9.17, 15) is 18.4 Å². The molecule has 31 heavy (non-hydrogen) atoms. The molecule has 3 heterocycles. The highest BCUT2D eigenvalue weighted by atomic mass is 19.3. The maximum Gasteiger partial charge on any atom is 0.266 e. The van der Waals surface area contributed by atoms with Crippen molar-refractivity contribution in [2.24, 2.45) is 11.7 Å². The molecule has 1 saturated heterocycles. The van der Waals surface area contributed by atoms with E-state index in [-0.39, 0.29) is 24.5 Å². The standard InChI is InChI=1S/C20H24F2N6O3/c1-19(18(23)30,15-4-5-17(27-26-15)31-11-12-2-3-12)28-7-6-20(21,22)13(10-28)14-8-25-16(29)9-24-14/h4-5,8-9,12-13H,2-3,6-7,10-11H2,1H3,(H2,23,30)(H,25,29)/t13-,19?/m1/s1. The number of ether oxygens (including phenoxy) is 1. The quantitative estimate of drug-likeness (QED) is 0.670. The first kappa shape index (κ1) is 21.3. The molecule has 0 bridgehead atoms. The Kier molecular flexibility index (Phi) is 5.46. The number of hydrogen-bond donors (Lipinski definition) is 2. The van der Waals surface area contributed by atoms with Gasteiger partial charge in [-0.2, -0.15) is 0 Å². The number of nitrogens with two attached hydrogens (primary N) is 1. The van der Waals surface area contributed by atoms with Crippen LogP contribution in [0.4, 0.5) is 8.78 Å². The Morgan fingerprint density at radius 2 is 2.16 bits per heavy atom. The molecule has 1 aliphatic carbocycles. The highest BCUT2D eigenvalue weighted by Gasteiger charge is 2.52. The summed E-state index contributed by atoms with van der Waals surface area (Å²) in [6, 6.07) is 3.19. The molecule has 1 aliphatic heterocycles. The summed E-state index contributed by atoms with van der Waals surface area (Å²) < 4.78 is 35.0. The highest BCUT2D eigenvalue weighted by Crippen LogP contribution is 2.43. The highest BCUT2D eigenvalue weighted by molar-refractivity contribution is 5.85. The topological polar surface area (TPSA) is 127 Å². The van der Waals surface area contributed by atoms with E-state index in [1.54, 1.807) is 24.0 Å². The number of nitrogens with one attached hydrogen (secondary N) is 1. The van der Waals surface area contributed by atoms with Gasteiger partial charge in [0.1, 0.15) is 5.54 Å². The third kappa shape index (κ3) is 4.27. The van der Waals surface area contributed by atoms with E-state index in [2.05, 4.69) is 20.2 Å². The second-order valence-electron chi connectivity index (χ2n) is 8.29. The molecule has 4 rings (SSSR count). The van der Waals surface area contributed by atoms with E-state index in [0.29, 0.717) is 18.4 Å². The summed E-state index contributed by atoms with van der Waals surface area (Å²) in [4.78, 5) is 31.6. The van der Waals surface area contributed by atoms with Crippen molar-refractivity contribution in [2.45, 2.75) is 43.6 Å². The van der Waals surface area contributed by atoms with Gasteiger partial charge in [-0.25, -0.2) is 8.78 Å². The fraction of sp³-hybridized carbons (Fsp3) is 0.550. The van der Waals surface area contributed by atoms with Crippen LogP contribution in [0.5, 0.6) is 5.88 Å². The first-order chi connectivity index (χ1) is 14.7. The van der Waals surface area contributed by atoms with Gasteiger partial charge in [-0.15, -0.1) is 10.2 Å². The number of alkyl halides is 2. The Morgan fingerprint density at radius 3 is 2.74 bits per heavy atom. The van der Waals surface area contributed by atoms with Crippen LogP contribution in [-0.2, 0) is 10.3 Å². The number of H-pyrrole nitrogens is 1. The van der Waals surface area contributed by atoms with Gasteiger partial charge in [0.15, 0.2) is 0 Å². The lowest BCUT2D eigenvalue weighted by molar-refractivity contribution is -0.139. The van der Waals surface area contributed by atoms with Crippen LogP contribution in [0.25, 0.3) is 0 Å². The van der Waals surface area contributed by atoms with Crippen molar-refractivity contribution < 1.29 is 18.3 Å². The number of carbonyl (C=O) groups excluding carboxylic acids is 1. The fourth-order valence-corrected chi connectivity index (χ4v) is 3.75. The fourth-order valence-electron chi connectivity index (χ4n) is 3.75. The van der Waals surface area contributed by atoms with Crippen molar-refractivity contribution in [3.8, 4) is 5.88 Å². The summed E-state index contributed by atoms with van der Waals surface area (Å²) in [5.74, 6) is -4.24. The first-order valence-corrected chi connectivity index (χ1v) is 10.1. The van der Waals surface area contributed by atoms with Gasteiger partial charge in [0.2, 0.25) is 11.8 Å². The average molecular weight is 434 g/mol. The monoisotopic (exact) mass is 434 g/mol. The van der Waals surface area contributed by atoms with Crippen molar-refractivity contribution in [2.75, 3.05) is 19.7 Å². The molecule has 0 radical (unpaired) electrons. The van der Waals surface area contributed by atoms with Crippen molar-refractivity contribution >= 4 is 5.91 Å². The molecule has 0 aromatic carbocycles. The van der Waals surface area contributed by atoms with Gasteiger partial charge in [-0.05, 0) is 31.7 Å². The summed E-state index contributed by atoms with van der Waals surface area (Å²) >= 11 is 0. The number of primary amides is 1. The molecule has 2 aliphatic rings. The second-order valence-corrected chi connectivity index (χ2v) is 8.29. The number of carbonyl (C=O) groups is 1. The molecular formula is C20H24F2N6O3. The molecule has 3 N–H and O–H groups in total. The van der Waals surface area contributed by atoms with Gasteiger partial charge in [-0.1, -0.05) is 0 Å². The van der Waals surface area contributed by atoms with Crippen molar-refractivity contribution in [3.63, 3.8) is 0 Å². The SMILES string of the molecule is CC(C(N)=O)(c1ccc(OCC2CC2)nn1)N1CCC(F)(F)[C@@H](c2c[nH]c(=O)cn2)C1. The third-order valence-corrected chi connectivity index (χ3v) is 6.09. The number of piperidine rings is 1. The summed E-state index contributed by atoms with van der Waals surface area (Å²) in [6.45, 7) is 1.84. The molecule has 2 atom stereocenters. The molecule has 2 aromatic heterocycles. The molecule has 11 heteroatoms. The van der Waals surface area contributed by atoms with Crippen LogP contribution >= 0.6 is 0 Å².